The minimum atomic E-state index is -0.181. The third-order valence-electron chi connectivity index (χ3n) is 6.66. The number of benzene rings is 2. The van der Waals surface area contributed by atoms with E-state index >= 15 is 0 Å². The average Bonchev–Trinajstić information content (AvgIpc) is 2.83. The Morgan fingerprint density at radius 3 is 2.19 bits per heavy atom. The summed E-state index contributed by atoms with van der Waals surface area (Å²) in [5.74, 6) is 1.40. The summed E-state index contributed by atoms with van der Waals surface area (Å²) in [6, 6.07) is 14.2. The molecule has 166 valence electrons. The van der Waals surface area contributed by atoms with Gasteiger partial charge in [-0.15, -0.1) is 0 Å². The van der Waals surface area contributed by atoms with E-state index in [9.17, 15) is 9.18 Å². The maximum atomic E-state index is 13.1. The van der Waals surface area contributed by atoms with Crippen molar-refractivity contribution in [2.75, 3.05) is 57.8 Å². The van der Waals surface area contributed by atoms with Crippen molar-refractivity contribution in [2.24, 2.45) is 5.92 Å². The van der Waals surface area contributed by atoms with E-state index in [4.69, 9.17) is 4.74 Å². The zero-order valence-corrected chi connectivity index (χ0v) is 18.3. The number of halogens is 1. The molecule has 0 saturated carbocycles. The van der Waals surface area contributed by atoms with E-state index in [1.54, 1.807) is 7.11 Å². The molecule has 2 aliphatic heterocycles. The highest BCUT2D eigenvalue weighted by atomic mass is 19.1. The summed E-state index contributed by atoms with van der Waals surface area (Å²) >= 11 is 0. The molecule has 0 N–H and O–H groups in total. The summed E-state index contributed by atoms with van der Waals surface area (Å²) in [6.45, 7) is 6.87. The van der Waals surface area contributed by atoms with Crippen LogP contribution in [0.4, 0.5) is 10.1 Å². The number of carbonyl (C=O) groups excluding carboxylic acids is 1. The lowest BCUT2D eigenvalue weighted by molar-refractivity contribution is 0.0680. The maximum absolute atomic E-state index is 13.1. The monoisotopic (exact) mass is 425 g/mol. The summed E-state index contributed by atoms with van der Waals surface area (Å²) in [7, 11) is 1.63. The van der Waals surface area contributed by atoms with Gasteiger partial charge in [0.15, 0.2) is 0 Å². The number of anilines is 1. The average molecular weight is 426 g/mol. The molecule has 2 aromatic rings. The Hall–Kier alpha value is -2.60. The SMILES string of the molecule is COc1ccc(C(=O)N2CCC(CCN3CCN(c4ccc(F)cc4)CC3)CC2)cc1. The van der Waals surface area contributed by atoms with Crippen LogP contribution in [0, 0.1) is 11.7 Å². The van der Waals surface area contributed by atoms with Gasteiger partial charge in [0.1, 0.15) is 11.6 Å². The molecule has 0 unspecified atom stereocenters. The molecule has 5 nitrogen and oxygen atoms in total. The Balaban J connectivity index is 1.17. The molecule has 0 spiro atoms. The lowest BCUT2D eigenvalue weighted by atomic mass is 9.93. The Morgan fingerprint density at radius 2 is 1.58 bits per heavy atom. The van der Waals surface area contributed by atoms with E-state index in [1.807, 2.05) is 41.3 Å². The van der Waals surface area contributed by atoms with Crippen LogP contribution in [0.2, 0.25) is 0 Å². The van der Waals surface area contributed by atoms with Crippen LogP contribution in [0.5, 0.6) is 5.75 Å². The molecule has 0 bridgehead atoms. The van der Waals surface area contributed by atoms with E-state index in [1.165, 1.54) is 18.6 Å². The van der Waals surface area contributed by atoms with Gasteiger partial charge in [-0.2, -0.15) is 0 Å². The van der Waals surface area contributed by atoms with Gasteiger partial charge >= 0.3 is 0 Å². The van der Waals surface area contributed by atoms with Crippen molar-refractivity contribution in [1.29, 1.82) is 0 Å². The summed E-state index contributed by atoms with van der Waals surface area (Å²) in [5.41, 5.74) is 1.84. The fraction of sp³-hybridized carbons (Fsp3) is 0.480. The predicted molar refractivity (Wildman–Crippen MR) is 121 cm³/mol. The van der Waals surface area contributed by atoms with Gasteiger partial charge in [-0.1, -0.05) is 0 Å². The molecule has 0 aliphatic carbocycles. The zero-order chi connectivity index (χ0) is 21.6. The first kappa shape index (κ1) is 21.6. The molecule has 0 atom stereocenters. The minimum absolute atomic E-state index is 0.123. The lowest BCUT2D eigenvalue weighted by Gasteiger charge is -2.37. The van der Waals surface area contributed by atoms with Gasteiger partial charge in [0.2, 0.25) is 0 Å². The van der Waals surface area contributed by atoms with Gasteiger partial charge in [-0.05, 0) is 80.3 Å². The van der Waals surface area contributed by atoms with E-state index in [0.717, 1.165) is 75.7 Å². The van der Waals surface area contributed by atoms with Gasteiger partial charge in [0, 0.05) is 50.5 Å². The molecule has 1 amide bonds. The molecular weight excluding hydrogens is 393 g/mol. The standard InChI is InChI=1S/C25H32FN3O2/c1-31-24-8-2-21(3-9-24)25(30)29-14-11-20(12-15-29)10-13-27-16-18-28(19-17-27)23-6-4-22(26)5-7-23/h2-9,20H,10-19H2,1H3. The number of likely N-dealkylation sites (tertiary alicyclic amines) is 1. The number of rotatable bonds is 6. The van der Waals surface area contributed by atoms with Crippen molar-refractivity contribution >= 4 is 11.6 Å². The largest absolute Gasteiger partial charge is 0.497 e. The molecule has 31 heavy (non-hydrogen) atoms. The van der Waals surface area contributed by atoms with Gasteiger partial charge in [-0.3, -0.25) is 9.69 Å². The summed E-state index contributed by atoms with van der Waals surface area (Å²) < 4.78 is 18.3. The van der Waals surface area contributed by atoms with Crippen LogP contribution < -0.4 is 9.64 Å². The first-order valence-electron chi connectivity index (χ1n) is 11.3. The molecule has 6 heteroatoms. The summed E-state index contributed by atoms with van der Waals surface area (Å²) in [5, 5.41) is 0. The van der Waals surface area contributed by atoms with Crippen LogP contribution in [-0.4, -0.2) is 68.6 Å². The first-order valence-corrected chi connectivity index (χ1v) is 11.3. The summed E-state index contributed by atoms with van der Waals surface area (Å²) in [6.07, 6.45) is 3.36. The second-order valence-corrected chi connectivity index (χ2v) is 8.56. The van der Waals surface area contributed by atoms with Crippen molar-refractivity contribution in [3.63, 3.8) is 0 Å². The Kier molecular flexibility index (Phi) is 7.07. The number of carbonyl (C=O) groups is 1. The van der Waals surface area contributed by atoms with Crippen LogP contribution in [0.3, 0.4) is 0 Å². The molecule has 2 heterocycles. The lowest BCUT2D eigenvalue weighted by Crippen LogP contribution is -2.47. The zero-order valence-electron chi connectivity index (χ0n) is 18.3. The molecule has 4 rings (SSSR count). The second-order valence-electron chi connectivity index (χ2n) is 8.56. The van der Waals surface area contributed by atoms with Crippen LogP contribution in [0.15, 0.2) is 48.5 Å². The van der Waals surface area contributed by atoms with E-state index in [2.05, 4.69) is 9.80 Å². The number of piperidine rings is 1. The highest BCUT2D eigenvalue weighted by molar-refractivity contribution is 5.94. The summed E-state index contributed by atoms with van der Waals surface area (Å²) in [4.78, 5) is 19.6. The van der Waals surface area contributed by atoms with E-state index in [-0.39, 0.29) is 11.7 Å². The van der Waals surface area contributed by atoms with Gasteiger partial charge < -0.3 is 14.5 Å². The Labute approximate surface area is 184 Å². The molecule has 2 saturated heterocycles. The van der Waals surface area contributed by atoms with Crippen molar-refractivity contribution in [1.82, 2.24) is 9.80 Å². The maximum Gasteiger partial charge on any atom is 0.253 e. The molecule has 0 radical (unpaired) electrons. The number of amides is 1. The molecule has 2 fully saturated rings. The fourth-order valence-electron chi connectivity index (χ4n) is 4.59. The number of methoxy groups -OCH3 is 1. The highest BCUT2D eigenvalue weighted by Gasteiger charge is 2.25. The topological polar surface area (TPSA) is 36.0 Å². The normalized spacial score (nSPS) is 18.3. The minimum Gasteiger partial charge on any atom is -0.497 e. The van der Waals surface area contributed by atoms with Crippen LogP contribution in [0.25, 0.3) is 0 Å². The number of piperazine rings is 1. The Morgan fingerprint density at radius 1 is 0.935 bits per heavy atom. The molecule has 2 aromatic carbocycles. The Bertz CT molecular complexity index is 840. The number of ether oxygens (including phenoxy) is 1. The fourth-order valence-corrected chi connectivity index (χ4v) is 4.59. The molecular formula is C25H32FN3O2. The van der Waals surface area contributed by atoms with E-state index in [0.29, 0.717) is 5.92 Å². The van der Waals surface area contributed by atoms with Crippen molar-refractivity contribution in [3.05, 3.63) is 59.9 Å². The van der Waals surface area contributed by atoms with Crippen LogP contribution in [-0.2, 0) is 0 Å². The van der Waals surface area contributed by atoms with Gasteiger partial charge in [-0.25, -0.2) is 4.39 Å². The van der Waals surface area contributed by atoms with Crippen molar-refractivity contribution < 1.29 is 13.9 Å². The smallest absolute Gasteiger partial charge is 0.253 e. The van der Waals surface area contributed by atoms with Crippen LogP contribution in [0.1, 0.15) is 29.6 Å². The first-order chi connectivity index (χ1) is 15.1. The quantitative estimate of drug-likeness (QED) is 0.703. The van der Waals surface area contributed by atoms with Crippen LogP contribution >= 0.6 is 0 Å². The second kappa shape index (κ2) is 10.1. The number of hydrogen-bond donors (Lipinski definition) is 0. The number of hydrogen-bond acceptors (Lipinski definition) is 4. The van der Waals surface area contributed by atoms with Gasteiger partial charge in [0.05, 0.1) is 7.11 Å². The van der Waals surface area contributed by atoms with Crippen molar-refractivity contribution in [2.45, 2.75) is 19.3 Å². The number of nitrogens with zero attached hydrogens (tertiary/aromatic N) is 3. The van der Waals surface area contributed by atoms with E-state index < -0.39 is 0 Å². The van der Waals surface area contributed by atoms with Crippen molar-refractivity contribution in [3.8, 4) is 5.75 Å². The van der Waals surface area contributed by atoms with Gasteiger partial charge in [0.25, 0.3) is 5.91 Å². The third-order valence-corrected chi connectivity index (χ3v) is 6.66. The third kappa shape index (κ3) is 5.56. The molecule has 0 aromatic heterocycles. The molecule has 2 aliphatic rings. The highest BCUT2D eigenvalue weighted by Crippen LogP contribution is 2.24. The predicted octanol–water partition coefficient (Wildman–Crippen LogP) is 3.90.